The van der Waals surface area contributed by atoms with Crippen molar-refractivity contribution in [2.75, 3.05) is 0 Å². The van der Waals surface area contributed by atoms with Crippen molar-refractivity contribution in [3.8, 4) is 11.1 Å². The molecule has 0 fully saturated rings. The number of nitrogens with two attached hydrogens (primary N) is 1. The van der Waals surface area contributed by atoms with E-state index in [1.165, 1.54) is 6.07 Å². The smallest absolute Gasteiger partial charge is 0.0686 e. The number of hydrogen-bond acceptors (Lipinski definition) is 1. The van der Waals surface area contributed by atoms with Crippen molar-refractivity contribution >= 4 is 58.0 Å². The molecule has 0 radical (unpaired) electrons. The Morgan fingerprint density at radius 1 is 0.789 bits per heavy atom. The van der Waals surface area contributed by atoms with E-state index < -0.39 is 0 Å². The summed E-state index contributed by atoms with van der Waals surface area (Å²) in [6.45, 7) is 0.316. The van der Waals surface area contributed by atoms with Gasteiger partial charge in [-0.1, -0.05) is 64.1 Å². The molecule has 0 saturated carbocycles. The minimum Gasteiger partial charge on any atom is -0.326 e. The van der Waals surface area contributed by atoms with Gasteiger partial charge in [-0.05, 0) is 29.3 Å². The van der Waals surface area contributed by atoms with Gasteiger partial charge in [-0.15, -0.1) is 0 Å². The van der Waals surface area contributed by atoms with Gasteiger partial charge in [-0.2, -0.15) is 0 Å². The Labute approximate surface area is 136 Å². The van der Waals surface area contributed by atoms with Gasteiger partial charge in [0.2, 0.25) is 0 Å². The predicted octanol–water partition coefficient (Wildman–Crippen LogP) is 6.08. The summed E-state index contributed by atoms with van der Waals surface area (Å²) in [6.07, 6.45) is 0. The second kappa shape index (κ2) is 6.09. The zero-order chi connectivity index (χ0) is 14.2. The van der Waals surface area contributed by atoms with Crippen LogP contribution in [0.3, 0.4) is 0 Å². The Balaban J connectivity index is 2.72. The molecule has 0 unspecified atom stereocenters. The highest BCUT2D eigenvalue weighted by Gasteiger charge is 2.16. The van der Waals surface area contributed by atoms with E-state index in [0.29, 0.717) is 37.2 Å². The van der Waals surface area contributed by atoms with E-state index in [1.54, 1.807) is 12.1 Å². The Morgan fingerprint density at radius 2 is 1.37 bits per heavy atom. The summed E-state index contributed by atoms with van der Waals surface area (Å²) in [5.74, 6) is 0. The highest BCUT2D eigenvalue weighted by molar-refractivity contribution is 6.50. The van der Waals surface area contributed by atoms with Crippen molar-refractivity contribution in [3.05, 3.63) is 54.9 Å². The summed E-state index contributed by atoms with van der Waals surface area (Å²) in [7, 11) is 0. The summed E-state index contributed by atoms with van der Waals surface area (Å²) < 4.78 is 0. The fourth-order valence-corrected chi connectivity index (χ4v) is 2.94. The van der Waals surface area contributed by atoms with Gasteiger partial charge in [-0.25, -0.2) is 0 Å². The van der Waals surface area contributed by atoms with E-state index in [9.17, 15) is 0 Å². The van der Waals surface area contributed by atoms with Gasteiger partial charge in [0.1, 0.15) is 0 Å². The van der Waals surface area contributed by atoms with Gasteiger partial charge in [0.05, 0.1) is 20.1 Å². The molecule has 6 heteroatoms. The predicted molar refractivity (Wildman–Crippen MR) is 84.8 cm³/mol. The van der Waals surface area contributed by atoms with E-state index in [-0.39, 0.29) is 0 Å². The van der Waals surface area contributed by atoms with Crippen LogP contribution in [0.1, 0.15) is 5.56 Å². The molecule has 1 nitrogen and oxygen atoms in total. The molecule has 100 valence electrons. The standard InChI is InChI=1S/C13H8Cl5N/c14-8-2-1-6(3-7(8)5-19)11-12(17)9(15)4-10(16)13(11)18/h1-4H,5,19H2. The highest BCUT2D eigenvalue weighted by atomic mass is 35.5. The summed E-state index contributed by atoms with van der Waals surface area (Å²) in [5.41, 5.74) is 7.77. The second-order valence-corrected chi connectivity index (χ2v) is 5.83. The maximum absolute atomic E-state index is 6.20. The fourth-order valence-electron chi connectivity index (χ4n) is 1.71. The lowest BCUT2D eigenvalue weighted by Crippen LogP contribution is -1.97. The van der Waals surface area contributed by atoms with E-state index >= 15 is 0 Å². The van der Waals surface area contributed by atoms with Crippen molar-refractivity contribution in [2.45, 2.75) is 6.54 Å². The first kappa shape index (κ1) is 15.2. The quantitative estimate of drug-likeness (QED) is 0.649. The molecule has 2 aromatic carbocycles. The van der Waals surface area contributed by atoms with Crippen molar-refractivity contribution in [2.24, 2.45) is 5.73 Å². The molecule has 2 rings (SSSR count). The van der Waals surface area contributed by atoms with Crippen LogP contribution in [0.2, 0.25) is 25.1 Å². The maximum atomic E-state index is 6.20. The van der Waals surface area contributed by atoms with Crippen LogP contribution in [0.4, 0.5) is 0 Å². The van der Waals surface area contributed by atoms with E-state index in [4.69, 9.17) is 63.7 Å². The third kappa shape index (κ3) is 2.97. The molecule has 0 aliphatic carbocycles. The number of hydrogen-bond donors (Lipinski definition) is 1. The van der Waals surface area contributed by atoms with Crippen LogP contribution in [-0.2, 0) is 6.54 Å². The summed E-state index contributed by atoms with van der Waals surface area (Å²) >= 11 is 30.5. The fraction of sp³-hybridized carbons (Fsp3) is 0.0769. The highest BCUT2D eigenvalue weighted by Crippen LogP contribution is 2.43. The number of benzene rings is 2. The van der Waals surface area contributed by atoms with Crippen LogP contribution in [0.15, 0.2) is 24.3 Å². The number of halogens is 5. The Hall–Kier alpha value is -0.150. The third-order valence-corrected chi connectivity index (χ3v) is 4.61. The lowest BCUT2D eigenvalue weighted by molar-refractivity contribution is 1.07. The van der Waals surface area contributed by atoms with Gasteiger partial charge in [0.15, 0.2) is 0 Å². The molecule has 0 aromatic heterocycles. The first-order chi connectivity index (χ1) is 8.95. The molecule has 0 heterocycles. The lowest BCUT2D eigenvalue weighted by Gasteiger charge is -2.12. The monoisotopic (exact) mass is 353 g/mol. The average Bonchev–Trinajstić information content (AvgIpc) is 2.38. The first-order valence-corrected chi connectivity index (χ1v) is 7.16. The first-order valence-electron chi connectivity index (χ1n) is 5.27. The van der Waals surface area contributed by atoms with Gasteiger partial charge in [0.25, 0.3) is 0 Å². The van der Waals surface area contributed by atoms with Gasteiger partial charge in [0, 0.05) is 17.1 Å². The Bertz CT molecular complexity index is 613. The molecule has 2 N–H and O–H groups in total. The number of rotatable bonds is 2. The maximum Gasteiger partial charge on any atom is 0.0686 e. The van der Waals surface area contributed by atoms with Crippen molar-refractivity contribution in [1.29, 1.82) is 0 Å². The van der Waals surface area contributed by atoms with E-state index in [1.807, 2.05) is 6.07 Å². The zero-order valence-corrected chi connectivity index (χ0v) is 13.3. The average molecular weight is 355 g/mol. The zero-order valence-electron chi connectivity index (χ0n) is 9.48. The molecule has 19 heavy (non-hydrogen) atoms. The van der Waals surface area contributed by atoms with Crippen LogP contribution in [0.5, 0.6) is 0 Å². The third-order valence-electron chi connectivity index (χ3n) is 2.67. The van der Waals surface area contributed by atoms with Crippen LogP contribution in [-0.4, -0.2) is 0 Å². The van der Waals surface area contributed by atoms with Gasteiger partial charge < -0.3 is 5.73 Å². The molecule has 0 spiro atoms. The molecule has 0 atom stereocenters. The second-order valence-electron chi connectivity index (χ2n) is 3.85. The molecule has 0 bridgehead atoms. The summed E-state index contributed by atoms with van der Waals surface area (Å²) in [6, 6.07) is 6.86. The normalized spacial score (nSPS) is 10.8. The van der Waals surface area contributed by atoms with E-state index in [0.717, 1.165) is 11.1 Å². The SMILES string of the molecule is NCc1cc(-c2c(Cl)c(Cl)cc(Cl)c2Cl)ccc1Cl. The van der Waals surface area contributed by atoms with Crippen molar-refractivity contribution < 1.29 is 0 Å². The van der Waals surface area contributed by atoms with Gasteiger partial charge in [-0.3, -0.25) is 0 Å². The lowest BCUT2D eigenvalue weighted by atomic mass is 10.0. The molecule has 0 amide bonds. The molecular formula is C13H8Cl5N. The largest absolute Gasteiger partial charge is 0.326 e. The van der Waals surface area contributed by atoms with Crippen molar-refractivity contribution in [1.82, 2.24) is 0 Å². The molecule has 2 aromatic rings. The van der Waals surface area contributed by atoms with Crippen molar-refractivity contribution in [3.63, 3.8) is 0 Å². The summed E-state index contributed by atoms with van der Waals surface area (Å²) in [5, 5.41) is 1.97. The van der Waals surface area contributed by atoms with Crippen LogP contribution in [0, 0.1) is 0 Å². The van der Waals surface area contributed by atoms with E-state index in [2.05, 4.69) is 0 Å². The Kier molecular flexibility index (Phi) is 4.88. The summed E-state index contributed by atoms with van der Waals surface area (Å²) in [4.78, 5) is 0. The van der Waals surface area contributed by atoms with Gasteiger partial charge >= 0.3 is 0 Å². The van der Waals surface area contributed by atoms with Crippen LogP contribution >= 0.6 is 58.0 Å². The minimum atomic E-state index is 0.316. The molecule has 0 aliphatic heterocycles. The topological polar surface area (TPSA) is 26.0 Å². The molecule has 0 aliphatic rings. The minimum absolute atomic E-state index is 0.316. The molecular weight excluding hydrogens is 347 g/mol. The Morgan fingerprint density at radius 3 is 1.89 bits per heavy atom. The molecule has 0 saturated heterocycles. The van der Waals surface area contributed by atoms with Crippen LogP contribution in [0.25, 0.3) is 11.1 Å². The van der Waals surface area contributed by atoms with Crippen LogP contribution < -0.4 is 5.73 Å².